The summed E-state index contributed by atoms with van der Waals surface area (Å²) >= 11 is 0. The monoisotopic (exact) mass is 485 g/mol. The van der Waals surface area contributed by atoms with Crippen molar-refractivity contribution in [1.29, 1.82) is 0 Å². The molecule has 1 heterocycles. The van der Waals surface area contributed by atoms with Crippen molar-refractivity contribution in [3.8, 4) is 11.5 Å². The first-order chi connectivity index (χ1) is 17.6. The molecular formula is C30H35N3O3. The molecule has 1 aromatic heterocycles. The Hall–Kier alpha value is -3.80. The van der Waals surface area contributed by atoms with Gasteiger partial charge in [0.15, 0.2) is 0 Å². The van der Waals surface area contributed by atoms with Gasteiger partial charge in [-0.25, -0.2) is 4.98 Å². The van der Waals surface area contributed by atoms with Crippen LogP contribution in [0.4, 0.5) is 0 Å². The normalized spacial score (nSPS) is 11.1. The van der Waals surface area contributed by atoms with E-state index in [0.29, 0.717) is 30.4 Å². The highest BCUT2D eigenvalue weighted by Crippen LogP contribution is 2.26. The smallest absolute Gasteiger partial charge is 0.255 e. The summed E-state index contributed by atoms with van der Waals surface area (Å²) in [5, 5.41) is 3.01. The number of imidazole rings is 1. The minimum absolute atomic E-state index is 0.125. The number of aryl methyl sites for hydroxylation is 2. The van der Waals surface area contributed by atoms with Crippen molar-refractivity contribution in [3.05, 3.63) is 89.7 Å². The van der Waals surface area contributed by atoms with E-state index in [1.807, 2.05) is 42.5 Å². The molecule has 1 amide bonds. The summed E-state index contributed by atoms with van der Waals surface area (Å²) < 4.78 is 13.7. The molecule has 188 valence electrons. The van der Waals surface area contributed by atoms with Crippen LogP contribution in [-0.2, 0) is 13.0 Å². The highest BCUT2D eigenvalue weighted by atomic mass is 16.5. The van der Waals surface area contributed by atoms with Gasteiger partial charge in [-0.2, -0.15) is 0 Å². The number of rotatable bonds is 12. The lowest BCUT2D eigenvalue weighted by atomic mass is 10.0. The third kappa shape index (κ3) is 6.06. The van der Waals surface area contributed by atoms with Gasteiger partial charge in [0.1, 0.15) is 17.3 Å². The van der Waals surface area contributed by atoms with Crippen molar-refractivity contribution >= 4 is 16.9 Å². The molecule has 0 bridgehead atoms. The number of hydrogen-bond acceptors (Lipinski definition) is 4. The zero-order valence-electron chi connectivity index (χ0n) is 21.4. The molecule has 36 heavy (non-hydrogen) atoms. The minimum atomic E-state index is -0.125. The van der Waals surface area contributed by atoms with Crippen LogP contribution >= 0.6 is 0 Å². The van der Waals surface area contributed by atoms with Crippen LogP contribution in [0.3, 0.4) is 0 Å². The Morgan fingerprint density at radius 3 is 2.47 bits per heavy atom. The van der Waals surface area contributed by atoms with Crippen molar-refractivity contribution in [2.45, 2.75) is 45.6 Å². The number of ether oxygens (including phenoxy) is 2. The molecule has 0 fully saturated rings. The summed E-state index contributed by atoms with van der Waals surface area (Å²) in [6.07, 6.45) is 2.45. The van der Waals surface area contributed by atoms with E-state index >= 15 is 0 Å². The van der Waals surface area contributed by atoms with E-state index in [4.69, 9.17) is 14.5 Å². The lowest BCUT2D eigenvalue weighted by molar-refractivity contribution is 0.0950. The SMILES string of the molecule is COc1ccccc1C(=O)NCCCc1nc2ccccc2n1CCCOc1ccccc1C(C)C. The predicted octanol–water partition coefficient (Wildman–Crippen LogP) is 6.00. The van der Waals surface area contributed by atoms with Crippen molar-refractivity contribution in [3.63, 3.8) is 0 Å². The van der Waals surface area contributed by atoms with Gasteiger partial charge in [-0.05, 0) is 54.7 Å². The zero-order valence-corrected chi connectivity index (χ0v) is 21.4. The molecule has 1 N–H and O–H groups in total. The van der Waals surface area contributed by atoms with Gasteiger partial charge in [0, 0.05) is 19.5 Å². The summed E-state index contributed by atoms with van der Waals surface area (Å²) in [5.41, 5.74) is 3.91. The van der Waals surface area contributed by atoms with Gasteiger partial charge >= 0.3 is 0 Å². The maximum Gasteiger partial charge on any atom is 0.255 e. The topological polar surface area (TPSA) is 65.4 Å². The third-order valence-electron chi connectivity index (χ3n) is 6.27. The molecular weight excluding hydrogens is 450 g/mol. The number of aromatic nitrogens is 2. The second-order valence-electron chi connectivity index (χ2n) is 9.12. The molecule has 0 radical (unpaired) electrons. The number of carbonyl (C=O) groups excluding carboxylic acids is 1. The van der Waals surface area contributed by atoms with Gasteiger partial charge in [0.25, 0.3) is 5.91 Å². The lowest BCUT2D eigenvalue weighted by Crippen LogP contribution is -2.25. The number of hydrogen-bond donors (Lipinski definition) is 1. The Bertz CT molecular complexity index is 1300. The number of carbonyl (C=O) groups is 1. The van der Waals surface area contributed by atoms with E-state index in [1.165, 1.54) is 5.56 Å². The van der Waals surface area contributed by atoms with E-state index in [2.05, 4.69) is 41.9 Å². The summed E-state index contributed by atoms with van der Waals surface area (Å²) in [4.78, 5) is 17.5. The van der Waals surface area contributed by atoms with E-state index < -0.39 is 0 Å². The van der Waals surface area contributed by atoms with Gasteiger partial charge in [0.05, 0.1) is 30.3 Å². The minimum Gasteiger partial charge on any atom is -0.496 e. The molecule has 0 aliphatic rings. The average molecular weight is 486 g/mol. The molecule has 0 saturated carbocycles. The summed E-state index contributed by atoms with van der Waals surface area (Å²) in [5.74, 6) is 2.88. The van der Waals surface area contributed by atoms with E-state index in [9.17, 15) is 4.79 Å². The van der Waals surface area contributed by atoms with Crippen LogP contribution in [0.1, 0.15) is 54.4 Å². The Morgan fingerprint density at radius 2 is 1.67 bits per heavy atom. The van der Waals surface area contributed by atoms with Crippen molar-refractivity contribution in [2.24, 2.45) is 0 Å². The molecule has 0 atom stereocenters. The van der Waals surface area contributed by atoms with Gasteiger partial charge < -0.3 is 19.4 Å². The molecule has 6 nitrogen and oxygen atoms in total. The number of nitrogens with one attached hydrogen (secondary N) is 1. The number of methoxy groups -OCH3 is 1. The van der Waals surface area contributed by atoms with E-state index in [1.54, 1.807) is 19.2 Å². The van der Waals surface area contributed by atoms with E-state index in [0.717, 1.165) is 48.4 Å². The quantitative estimate of drug-likeness (QED) is 0.250. The van der Waals surface area contributed by atoms with Crippen molar-refractivity contribution in [2.75, 3.05) is 20.3 Å². The number of amides is 1. The predicted molar refractivity (Wildman–Crippen MR) is 144 cm³/mol. The molecule has 4 rings (SSSR count). The number of para-hydroxylation sites is 4. The first-order valence-corrected chi connectivity index (χ1v) is 12.7. The molecule has 0 aliphatic carbocycles. The second-order valence-corrected chi connectivity index (χ2v) is 9.12. The number of fused-ring (bicyclic) bond motifs is 1. The second kappa shape index (κ2) is 12.2. The fraction of sp³-hybridized carbons (Fsp3) is 0.333. The molecule has 6 heteroatoms. The van der Waals surface area contributed by atoms with Gasteiger partial charge in [-0.3, -0.25) is 4.79 Å². The molecule has 4 aromatic rings. The standard InChI is InChI=1S/C30H35N3O3/c1-22(2)23-12-4-9-17-28(23)36-21-11-20-33-26-15-7-6-14-25(26)32-29(33)18-10-19-31-30(34)24-13-5-8-16-27(24)35-3/h4-9,12-17,22H,10-11,18-21H2,1-3H3,(H,31,34). The third-order valence-corrected chi connectivity index (χ3v) is 6.27. The molecule has 0 aliphatic heterocycles. The fourth-order valence-corrected chi connectivity index (χ4v) is 4.44. The zero-order chi connectivity index (χ0) is 25.3. The molecule has 0 unspecified atom stereocenters. The first kappa shape index (κ1) is 25.3. The maximum absolute atomic E-state index is 12.6. The van der Waals surface area contributed by atoms with Crippen molar-refractivity contribution < 1.29 is 14.3 Å². The van der Waals surface area contributed by atoms with Crippen LogP contribution in [0.15, 0.2) is 72.8 Å². The van der Waals surface area contributed by atoms with E-state index in [-0.39, 0.29) is 5.91 Å². The summed E-state index contributed by atoms with van der Waals surface area (Å²) in [7, 11) is 1.57. The number of nitrogens with zero attached hydrogens (tertiary/aromatic N) is 2. The van der Waals surface area contributed by atoms with Gasteiger partial charge in [0.2, 0.25) is 0 Å². The van der Waals surface area contributed by atoms with Crippen LogP contribution < -0.4 is 14.8 Å². The largest absolute Gasteiger partial charge is 0.496 e. The van der Waals surface area contributed by atoms with Gasteiger partial charge in [-0.1, -0.05) is 56.3 Å². The molecule has 0 saturated heterocycles. The Morgan fingerprint density at radius 1 is 0.944 bits per heavy atom. The fourth-order valence-electron chi connectivity index (χ4n) is 4.44. The Balaban J connectivity index is 1.35. The molecule has 0 spiro atoms. The lowest BCUT2D eigenvalue weighted by Gasteiger charge is -2.14. The van der Waals surface area contributed by atoms with Crippen LogP contribution in [0.2, 0.25) is 0 Å². The molecule has 3 aromatic carbocycles. The number of benzene rings is 3. The summed E-state index contributed by atoms with van der Waals surface area (Å²) in [6, 6.07) is 23.8. The highest BCUT2D eigenvalue weighted by Gasteiger charge is 2.13. The van der Waals surface area contributed by atoms with Crippen LogP contribution in [0, 0.1) is 0 Å². The van der Waals surface area contributed by atoms with Crippen LogP contribution in [0.5, 0.6) is 11.5 Å². The Kier molecular flexibility index (Phi) is 8.61. The Labute approximate surface area is 213 Å². The summed E-state index contributed by atoms with van der Waals surface area (Å²) in [6.45, 7) is 6.41. The average Bonchev–Trinajstić information content (AvgIpc) is 3.26. The maximum atomic E-state index is 12.6. The van der Waals surface area contributed by atoms with Crippen LogP contribution in [-0.4, -0.2) is 35.7 Å². The van der Waals surface area contributed by atoms with Crippen LogP contribution in [0.25, 0.3) is 11.0 Å². The van der Waals surface area contributed by atoms with Crippen molar-refractivity contribution in [1.82, 2.24) is 14.9 Å². The first-order valence-electron chi connectivity index (χ1n) is 12.7. The van der Waals surface area contributed by atoms with Gasteiger partial charge in [-0.15, -0.1) is 0 Å². The highest BCUT2D eigenvalue weighted by molar-refractivity contribution is 5.96.